The van der Waals surface area contributed by atoms with Crippen LogP contribution in [0.4, 0.5) is 11.4 Å². The van der Waals surface area contributed by atoms with Crippen LogP contribution in [0.5, 0.6) is 11.5 Å². The molecule has 4 aromatic carbocycles. The van der Waals surface area contributed by atoms with Gasteiger partial charge in [0, 0.05) is 18.8 Å². The SMILES string of the molecule is CCN(CC)S(=O)(=O)c1ccc(NC(=O)CN(c2ccc(Oc3ccccc3)cc2)S(=O)(=O)c2ccccc2)cc1. The van der Waals surface area contributed by atoms with Crippen molar-refractivity contribution >= 4 is 37.3 Å². The Bertz CT molecular complexity index is 1660. The minimum atomic E-state index is -4.11. The second kappa shape index (κ2) is 13.0. The number of benzene rings is 4. The zero-order chi connectivity index (χ0) is 29.5. The quantitative estimate of drug-likeness (QED) is 0.237. The number of amides is 1. The largest absolute Gasteiger partial charge is 0.457 e. The van der Waals surface area contributed by atoms with Gasteiger partial charge >= 0.3 is 0 Å². The Labute approximate surface area is 241 Å². The molecule has 0 bridgehead atoms. The first kappa shape index (κ1) is 29.8. The molecule has 1 N–H and O–H groups in total. The van der Waals surface area contributed by atoms with E-state index in [1.807, 2.05) is 18.2 Å². The summed E-state index contributed by atoms with van der Waals surface area (Å²) in [5.74, 6) is 0.527. The van der Waals surface area contributed by atoms with Gasteiger partial charge in [0.2, 0.25) is 15.9 Å². The number of hydrogen-bond donors (Lipinski definition) is 1. The van der Waals surface area contributed by atoms with Gasteiger partial charge in [-0.3, -0.25) is 9.10 Å². The van der Waals surface area contributed by atoms with Crippen LogP contribution < -0.4 is 14.4 Å². The van der Waals surface area contributed by atoms with Crippen LogP contribution in [0.15, 0.2) is 119 Å². The number of rotatable bonds is 12. The van der Waals surface area contributed by atoms with E-state index in [1.165, 1.54) is 40.7 Å². The van der Waals surface area contributed by atoms with E-state index >= 15 is 0 Å². The fourth-order valence-corrected chi connectivity index (χ4v) is 6.99. The number of anilines is 2. The molecule has 1 amide bonds. The lowest BCUT2D eigenvalue weighted by atomic mass is 10.3. The number of para-hydroxylation sites is 1. The van der Waals surface area contributed by atoms with Gasteiger partial charge in [0.25, 0.3) is 10.0 Å². The summed E-state index contributed by atoms with van der Waals surface area (Å²) in [7, 11) is -7.76. The number of hydrogen-bond acceptors (Lipinski definition) is 6. The van der Waals surface area contributed by atoms with Crippen LogP contribution in [0, 0.1) is 0 Å². The molecule has 0 spiro atoms. The average Bonchev–Trinajstić information content (AvgIpc) is 2.98. The third-order valence-electron chi connectivity index (χ3n) is 6.20. The van der Waals surface area contributed by atoms with Crippen molar-refractivity contribution in [2.75, 3.05) is 29.3 Å². The molecule has 0 saturated heterocycles. The maximum Gasteiger partial charge on any atom is 0.264 e. The highest BCUT2D eigenvalue weighted by atomic mass is 32.2. The van der Waals surface area contributed by atoms with E-state index in [4.69, 9.17) is 4.74 Å². The smallest absolute Gasteiger partial charge is 0.264 e. The Morgan fingerprint density at radius 3 is 1.73 bits per heavy atom. The summed E-state index contributed by atoms with van der Waals surface area (Å²) in [4.78, 5) is 13.2. The maximum absolute atomic E-state index is 13.6. The van der Waals surface area contributed by atoms with Crippen molar-refractivity contribution in [1.82, 2.24) is 4.31 Å². The lowest BCUT2D eigenvalue weighted by Crippen LogP contribution is -2.38. The normalized spacial score (nSPS) is 11.7. The van der Waals surface area contributed by atoms with Gasteiger partial charge in [-0.05, 0) is 72.8 Å². The highest BCUT2D eigenvalue weighted by molar-refractivity contribution is 7.92. The van der Waals surface area contributed by atoms with Crippen molar-refractivity contribution < 1.29 is 26.4 Å². The molecular weight excluding hydrogens is 562 g/mol. The first-order valence-electron chi connectivity index (χ1n) is 13.0. The van der Waals surface area contributed by atoms with Gasteiger partial charge in [-0.25, -0.2) is 16.8 Å². The number of carbonyl (C=O) groups excluding carboxylic acids is 1. The van der Waals surface area contributed by atoms with Crippen molar-refractivity contribution in [1.29, 1.82) is 0 Å². The molecule has 4 rings (SSSR count). The van der Waals surface area contributed by atoms with E-state index in [9.17, 15) is 21.6 Å². The molecular formula is C30H31N3O6S2. The molecule has 0 saturated carbocycles. The number of ether oxygens (including phenoxy) is 1. The summed E-state index contributed by atoms with van der Waals surface area (Å²) in [6.45, 7) is 3.67. The molecule has 0 fully saturated rings. The van der Waals surface area contributed by atoms with E-state index in [0.29, 0.717) is 30.3 Å². The van der Waals surface area contributed by atoms with Crippen LogP contribution >= 0.6 is 0 Å². The second-order valence-electron chi connectivity index (χ2n) is 8.90. The van der Waals surface area contributed by atoms with E-state index < -0.39 is 32.5 Å². The summed E-state index contributed by atoms with van der Waals surface area (Å²) < 4.78 is 60.9. The molecule has 0 aromatic heterocycles. The third-order valence-corrected chi connectivity index (χ3v) is 10.1. The zero-order valence-corrected chi connectivity index (χ0v) is 24.3. The van der Waals surface area contributed by atoms with Crippen LogP contribution in [0.3, 0.4) is 0 Å². The molecule has 0 aliphatic heterocycles. The predicted octanol–water partition coefficient (Wildman–Crippen LogP) is 5.34. The second-order valence-corrected chi connectivity index (χ2v) is 12.7. The minimum Gasteiger partial charge on any atom is -0.457 e. The highest BCUT2D eigenvalue weighted by Crippen LogP contribution is 2.28. The molecule has 4 aromatic rings. The van der Waals surface area contributed by atoms with Gasteiger partial charge in [0.15, 0.2) is 0 Å². The molecule has 0 heterocycles. The van der Waals surface area contributed by atoms with Crippen LogP contribution in [-0.2, 0) is 24.8 Å². The Balaban J connectivity index is 1.56. The fourth-order valence-electron chi connectivity index (χ4n) is 4.09. The standard InChI is InChI=1S/C30H31N3O6S2/c1-3-32(4-2)40(35,36)29-21-15-24(16-22-29)31-30(34)23-33(41(37,38)28-13-9-6-10-14-28)25-17-19-27(20-18-25)39-26-11-7-5-8-12-26/h5-22H,3-4,23H2,1-2H3,(H,31,34). The van der Waals surface area contributed by atoms with Gasteiger partial charge in [-0.1, -0.05) is 50.2 Å². The summed E-state index contributed by atoms with van der Waals surface area (Å²) in [5.41, 5.74) is 0.599. The van der Waals surface area contributed by atoms with Crippen LogP contribution in [0.1, 0.15) is 13.8 Å². The Hall–Kier alpha value is -4.19. The van der Waals surface area contributed by atoms with Gasteiger partial charge in [0.05, 0.1) is 15.5 Å². The monoisotopic (exact) mass is 593 g/mol. The predicted molar refractivity (Wildman–Crippen MR) is 159 cm³/mol. The molecule has 9 nitrogen and oxygen atoms in total. The maximum atomic E-state index is 13.6. The van der Waals surface area contributed by atoms with Gasteiger partial charge in [0.1, 0.15) is 18.0 Å². The van der Waals surface area contributed by atoms with Gasteiger partial charge < -0.3 is 10.1 Å². The van der Waals surface area contributed by atoms with Crippen LogP contribution in [-0.4, -0.2) is 46.7 Å². The Morgan fingerprint density at radius 1 is 0.659 bits per heavy atom. The van der Waals surface area contributed by atoms with Crippen molar-refractivity contribution in [3.63, 3.8) is 0 Å². The van der Waals surface area contributed by atoms with E-state index in [-0.39, 0.29) is 15.5 Å². The van der Waals surface area contributed by atoms with Crippen molar-refractivity contribution in [3.8, 4) is 11.5 Å². The van der Waals surface area contributed by atoms with E-state index in [1.54, 1.807) is 68.4 Å². The van der Waals surface area contributed by atoms with Gasteiger partial charge in [-0.2, -0.15) is 4.31 Å². The number of nitrogens with zero attached hydrogens (tertiary/aromatic N) is 2. The van der Waals surface area contributed by atoms with E-state index in [0.717, 1.165) is 4.31 Å². The Kier molecular flexibility index (Phi) is 9.43. The zero-order valence-electron chi connectivity index (χ0n) is 22.7. The number of sulfonamides is 2. The fraction of sp³-hybridized carbons (Fsp3) is 0.167. The number of nitrogens with one attached hydrogen (secondary N) is 1. The van der Waals surface area contributed by atoms with Crippen LogP contribution in [0.25, 0.3) is 0 Å². The highest BCUT2D eigenvalue weighted by Gasteiger charge is 2.27. The third kappa shape index (κ3) is 7.12. The Morgan fingerprint density at radius 2 is 1.17 bits per heavy atom. The average molecular weight is 594 g/mol. The molecule has 0 unspecified atom stereocenters. The van der Waals surface area contributed by atoms with Crippen molar-refractivity contribution in [2.45, 2.75) is 23.6 Å². The number of carbonyl (C=O) groups is 1. The molecule has 11 heteroatoms. The van der Waals surface area contributed by atoms with Crippen LogP contribution in [0.2, 0.25) is 0 Å². The summed E-state index contributed by atoms with van der Waals surface area (Å²) in [6.07, 6.45) is 0. The van der Waals surface area contributed by atoms with E-state index in [2.05, 4.69) is 5.32 Å². The molecule has 214 valence electrons. The summed E-state index contributed by atoms with van der Waals surface area (Å²) in [5, 5.41) is 2.67. The molecule has 0 aliphatic carbocycles. The lowest BCUT2D eigenvalue weighted by molar-refractivity contribution is -0.114. The minimum absolute atomic E-state index is 0.0309. The van der Waals surface area contributed by atoms with Crippen molar-refractivity contribution in [3.05, 3.63) is 109 Å². The molecule has 41 heavy (non-hydrogen) atoms. The van der Waals surface area contributed by atoms with Gasteiger partial charge in [-0.15, -0.1) is 0 Å². The molecule has 0 radical (unpaired) electrons. The first-order valence-corrected chi connectivity index (χ1v) is 15.8. The lowest BCUT2D eigenvalue weighted by Gasteiger charge is -2.24. The first-order chi connectivity index (χ1) is 19.6. The van der Waals surface area contributed by atoms with Crippen molar-refractivity contribution in [2.24, 2.45) is 0 Å². The molecule has 0 atom stereocenters. The summed E-state index contributed by atoms with van der Waals surface area (Å²) in [6, 6.07) is 29.2. The molecule has 0 aliphatic rings. The summed E-state index contributed by atoms with van der Waals surface area (Å²) >= 11 is 0. The topological polar surface area (TPSA) is 113 Å².